The van der Waals surface area contributed by atoms with E-state index >= 15 is 0 Å². The topological polar surface area (TPSA) is 38.8 Å². The van der Waals surface area contributed by atoms with E-state index < -0.39 is 0 Å². The largest absolute Gasteiger partial charge is 0.460 e. The van der Waals surface area contributed by atoms with Gasteiger partial charge in [-0.3, -0.25) is 0 Å². The molecule has 0 radical (unpaired) electrons. The van der Waals surface area contributed by atoms with Crippen molar-refractivity contribution in [3.05, 3.63) is 12.2 Å². The van der Waals surface area contributed by atoms with Gasteiger partial charge < -0.3 is 9.47 Å². The van der Waals surface area contributed by atoms with Gasteiger partial charge in [0.2, 0.25) is 0 Å². The molecule has 1 aliphatic rings. The Morgan fingerprint density at radius 3 is 2.58 bits per heavy atom. The second kappa shape index (κ2) is 3.72. The maximum absolute atomic E-state index is 10.9. The molecule has 0 aromatic rings. The van der Waals surface area contributed by atoms with Crippen LogP contribution in [-0.2, 0) is 14.3 Å². The Bertz CT molecular complexity index is 196. The SMILES string of the molecule is CC(C)OC(=O)C=CC1OC1C. The van der Waals surface area contributed by atoms with Crippen molar-refractivity contribution < 1.29 is 14.3 Å². The van der Waals surface area contributed by atoms with Gasteiger partial charge in [-0.05, 0) is 26.8 Å². The number of epoxide rings is 1. The highest BCUT2D eigenvalue weighted by atomic mass is 16.6. The molecule has 0 aromatic heterocycles. The fourth-order valence-corrected chi connectivity index (χ4v) is 0.849. The predicted octanol–water partition coefficient (Wildman–Crippen LogP) is 1.28. The summed E-state index contributed by atoms with van der Waals surface area (Å²) in [6.45, 7) is 5.60. The Kier molecular flexibility index (Phi) is 2.87. The molecule has 68 valence electrons. The molecule has 0 aliphatic carbocycles. The third kappa shape index (κ3) is 3.05. The molecular weight excluding hydrogens is 156 g/mol. The van der Waals surface area contributed by atoms with Crippen molar-refractivity contribution in [3.8, 4) is 0 Å². The Morgan fingerprint density at radius 2 is 2.17 bits per heavy atom. The summed E-state index contributed by atoms with van der Waals surface area (Å²) in [5.74, 6) is -0.298. The lowest BCUT2D eigenvalue weighted by atomic mass is 10.3. The Morgan fingerprint density at radius 1 is 1.58 bits per heavy atom. The average molecular weight is 170 g/mol. The molecule has 0 N–H and O–H groups in total. The van der Waals surface area contributed by atoms with Crippen molar-refractivity contribution in [1.29, 1.82) is 0 Å². The molecule has 0 spiro atoms. The van der Waals surface area contributed by atoms with Crippen LogP contribution in [0.2, 0.25) is 0 Å². The molecular formula is C9H14O3. The lowest BCUT2D eigenvalue weighted by Crippen LogP contribution is -2.08. The number of carbonyl (C=O) groups excluding carboxylic acids is 1. The summed E-state index contributed by atoms with van der Waals surface area (Å²) in [4.78, 5) is 10.9. The first kappa shape index (κ1) is 9.26. The molecule has 0 amide bonds. The maximum atomic E-state index is 10.9. The molecule has 0 saturated carbocycles. The molecule has 0 aromatic carbocycles. The third-order valence-electron chi connectivity index (χ3n) is 1.53. The minimum atomic E-state index is -0.298. The van der Waals surface area contributed by atoms with E-state index in [1.165, 1.54) is 6.08 Å². The van der Waals surface area contributed by atoms with E-state index in [9.17, 15) is 4.79 Å². The van der Waals surface area contributed by atoms with Crippen molar-refractivity contribution >= 4 is 5.97 Å². The fraction of sp³-hybridized carbons (Fsp3) is 0.667. The van der Waals surface area contributed by atoms with Gasteiger partial charge in [0.1, 0.15) is 6.10 Å². The number of hydrogen-bond donors (Lipinski definition) is 0. The number of rotatable bonds is 3. The van der Waals surface area contributed by atoms with Crippen LogP contribution in [0.1, 0.15) is 20.8 Å². The van der Waals surface area contributed by atoms with E-state index in [-0.39, 0.29) is 24.3 Å². The highest BCUT2D eigenvalue weighted by molar-refractivity contribution is 5.82. The lowest BCUT2D eigenvalue weighted by Gasteiger charge is -2.03. The van der Waals surface area contributed by atoms with E-state index in [0.717, 1.165) is 0 Å². The summed E-state index contributed by atoms with van der Waals surface area (Å²) < 4.78 is 9.96. The zero-order chi connectivity index (χ0) is 9.14. The molecule has 1 saturated heterocycles. The maximum Gasteiger partial charge on any atom is 0.330 e. The zero-order valence-corrected chi connectivity index (χ0v) is 7.61. The Balaban J connectivity index is 2.21. The minimum Gasteiger partial charge on any atom is -0.460 e. The van der Waals surface area contributed by atoms with Gasteiger partial charge in [-0.15, -0.1) is 0 Å². The molecule has 1 heterocycles. The standard InChI is InChI=1S/C9H14O3/c1-6(2)11-9(10)5-4-8-7(3)12-8/h4-8H,1-3H3. The molecule has 0 bridgehead atoms. The van der Waals surface area contributed by atoms with Gasteiger partial charge in [0.25, 0.3) is 0 Å². The normalized spacial score (nSPS) is 28.0. The van der Waals surface area contributed by atoms with E-state index in [1.807, 2.05) is 20.8 Å². The highest BCUT2D eigenvalue weighted by Gasteiger charge is 2.31. The van der Waals surface area contributed by atoms with Crippen LogP contribution in [0.3, 0.4) is 0 Å². The summed E-state index contributed by atoms with van der Waals surface area (Å²) in [6, 6.07) is 0. The van der Waals surface area contributed by atoms with Gasteiger partial charge in [0, 0.05) is 6.08 Å². The van der Waals surface area contributed by atoms with Gasteiger partial charge in [-0.25, -0.2) is 4.79 Å². The monoisotopic (exact) mass is 170 g/mol. The molecule has 1 fully saturated rings. The van der Waals surface area contributed by atoms with Crippen molar-refractivity contribution in [2.75, 3.05) is 0 Å². The first-order valence-electron chi connectivity index (χ1n) is 4.14. The number of hydrogen-bond acceptors (Lipinski definition) is 3. The van der Waals surface area contributed by atoms with Crippen LogP contribution in [0.25, 0.3) is 0 Å². The summed E-state index contributed by atoms with van der Waals surface area (Å²) in [5, 5.41) is 0. The predicted molar refractivity (Wildman–Crippen MR) is 44.7 cm³/mol. The van der Waals surface area contributed by atoms with Crippen molar-refractivity contribution in [2.24, 2.45) is 0 Å². The number of esters is 1. The van der Waals surface area contributed by atoms with Gasteiger partial charge in [0.05, 0.1) is 12.2 Å². The van der Waals surface area contributed by atoms with Gasteiger partial charge >= 0.3 is 5.97 Å². The molecule has 2 unspecified atom stereocenters. The van der Waals surface area contributed by atoms with Crippen LogP contribution in [0.15, 0.2) is 12.2 Å². The van der Waals surface area contributed by atoms with Crippen molar-refractivity contribution in [2.45, 2.75) is 39.1 Å². The van der Waals surface area contributed by atoms with Crippen LogP contribution in [0.4, 0.5) is 0 Å². The molecule has 2 atom stereocenters. The van der Waals surface area contributed by atoms with E-state index in [2.05, 4.69) is 0 Å². The number of ether oxygens (including phenoxy) is 2. The second-order valence-corrected chi connectivity index (χ2v) is 3.15. The molecule has 3 heteroatoms. The van der Waals surface area contributed by atoms with E-state index in [4.69, 9.17) is 9.47 Å². The lowest BCUT2D eigenvalue weighted by molar-refractivity contribution is -0.141. The first-order chi connectivity index (χ1) is 5.59. The van der Waals surface area contributed by atoms with Gasteiger partial charge in [0.15, 0.2) is 0 Å². The van der Waals surface area contributed by atoms with Crippen LogP contribution in [0.5, 0.6) is 0 Å². The average Bonchev–Trinajstić information content (AvgIpc) is 2.61. The molecule has 3 nitrogen and oxygen atoms in total. The quantitative estimate of drug-likeness (QED) is 0.364. The zero-order valence-electron chi connectivity index (χ0n) is 7.61. The summed E-state index contributed by atoms with van der Waals surface area (Å²) in [6.07, 6.45) is 3.47. The molecule has 1 rings (SSSR count). The van der Waals surface area contributed by atoms with Crippen LogP contribution < -0.4 is 0 Å². The molecule has 12 heavy (non-hydrogen) atoms. The van der Waals surface area contributed by atoms with Crippen molar-refractivity contribution in [1.82, 2.24) is 0 Å². The van der Waals surface area contributed by atoms with Gasteiger partial charge in [-0.1, -0.05) is 0 Å². The van der Waals surface area contributed by atoms with E-state index in [1.54, 1.807) is 6.08 Å². The van der Waals surface area contributed by atoms with Crippen molar-refractivity contribution in [3.63, 3.8) is 0 Å². The van der Waals surface area contributed by atoms with Crippen LogP contribution in [-0.4, -0.2) is 24.3 Å². The Hall–Kier alpha value is -0.830. The third-order valence-corrected chi connectivity index (χ3v) is 1.53. The minimum absolute atomic E-state index is 0.0558. The summed E-state index contributed by atoms with van der Waals surface area (Å²) >= 11 is 0. The summed E-state index contributed by atoms with van der Waals surface area (Å²) in [7, 11) is 0. The Labute approximate surface area is 72.4 Å². The second-order valence-electron chi connectivity index (χ2n) is 3.15. The first-order valence-corrected chi connectivity index (χ1v) is 4.14. The summed E-state index contributed by atoms with van der Waals surface area (Å²) in [5.41, 5.74) is 0. The van der Waals surface area contributed by atoms with Gasteiger partial charge in [-0.2, -0.15) is 0 Å². The van der Waals surface area contributed by atoms with Crippen LogP contribution >= 0.6 is 0 Å². The van der Waals surface area contributed by atoms with Crippen LogP contribution in [0, 0.1) is 0 Å². The molecule has 1 aliphatic heterocycles. The fourth-order valence-electron chi connectivity index (χ4n) is 0.849. The van der Waals surface area contributed by atoms with E-state index in [0.29, 0.717) is 0 Å². The highest BCUT2D eigenvalue weighted by Crippen LogP contribution is 2.21. The smallest absolute Gasteiger partial charge is 0.330 e. The number of carbonyl (C=O) groups is 1.